The molecular formula is C35H38FN5O4Si. The van der Waals surface area contributed by atoms with Crippen LogP contribution in [-0.2, 0) is 18.1 Å². The minimum atomic E-state index is -1.28. The summed E-state index contributed by atoms with van der Waals surface area (Å²) in [4.78, 5) is 21.0. The maximum atomic E-state index is 14.9. The van der Waals surface area contributed by atoms with Crippen LogP contribution in [0.3, 0.4) is 0 Å². The Kier molecular flexibility index (Phi) is 9.32. The van der Waals surface area contributed by atoms with Crippen molar-refractivity contribution in [1.29, 1.82) is 0 Å². The van der Waals surface area contributed by atoms with E-state index in [0.29, 0.717) is 31.0 Å². The molecule has 0 spiro atoms. The van der Waals surface area contributed by atoms with Gasteiger partial charge in [-0.05, 0) is 72.5 Å². The lowest BCUT2D eigenvalue weighted by Crippen LogP contribution is -2.30. The van der Waals surface area contributed by atoms with Crippen LogP contribution in [0.25, 0.3) is 22.3 Å². The fraction of sp³-hybridized carbons (Fsp3) is 0.286. The number of halogens is 1. The van der Waals surface area contributed by atoms with E-state index in [1.807, 2.05) is 65.2 Å². The molecule has 9 nitrogen and oxygen atoms in total. The van der Waals surface area contributed by atoms with Crippen molar-refractivity contribution in [2.24, 2.45) is 0 Å². The summed E-state index contributed by atoms with van der Waals surface area (Å²) in [6.45, 7) is 8.38. The number of urea groups is 1. The van der Waals surface area contributed by atoms with Crippen molar-refractivity contribution in [3.63, 3.8) is 0 Å². The van der Waals surface area contributed by atoms with Crippen LogP contribution < -0.4 is 20.1 Å². The highest BCUT2D eigenvalue weighted by atomic mass is 28.3. The Morgan fingerprint density at radius 3 is 2.46 bits per heavy atom. The van der Waals surface area contributed by atoms with Crippen LogP contribution in [0.2, 0.25) is 25.7 Å². The molecule has 2 N–H and O–H groups in total. The molecule has 1 fully saturated rings. The van der Waals surface area contributed by atoms with Crippen molar-refractivity contribution >= 4 is 30.8 Å². The van der Waals surface area contributed by atoms with Crippen LogP contribution in [0.15, 0.2) is 85.2 Å². The predicted molar refractivity (Wildman–Crippen MR) is 179 cm³/mol. The number of nitrogens with one attached hydrogen (secondary N) is 2. The molecule has 5 aromatic rings. The van der Waals surface area contributed by atoms with Crippen molar-refractivity contribution in [1.82, 2.24) is 19.9 Å². The van der Waals surface area contributed by atoms with Crippen LogP contribution in [0.1, 0.15) is 18.4 Å². The minimum absolute atomic E-state index is 0.0680. The first-order valence-corrected chi connectivity index (χ1v) is 19.2. The lowest BCUT2D eigenvalue weighted by Gasteiger charge is -2.17. The molecule has 2 aromatic heterocycles. The Balaban J connectivity index is 1.25. The Bertz CT molecular complexity index is 1800. The second-order valence-corrected chi connectivity index (χ2v) is 18.3. The molecule has 2 amide bonds. The van der Waals surface area contributed by atoms with Crippen LogP contribution in [0, 0.1) is 5.82 Å². The van der Waals surface area contributed by atoms with Crippen LogP contribution in [-0.4, -0.2) is 41.3 Å². The van der Waals surface area contributed by atoms with Gasteiger partial charge in [-0.2, -0.15) is 0 Å². The van der Waals surface area contributed by atoms with Gasteiger partial charge >= 0.3 is 6.03 Å². The topological polar surface area (TPSA) is 99.5 Å². The summed E-state index contributed by atoms with van der Waals surface area (Å²) in [6.07, 6.45) is 3.31. The second-order valence-electron chi connectivity index (χ2n) is 12.6. The second kappa shape index (κ2) is 13.7. The Morgan fingerprint density at radius 2 is 1.74 bits per heavy atom. The van der Waals surface area contributed by atoms with E-state index in [0.717, 1.165) is 41.5 Å². The van der Waals surface area contributed by atoms with Gasteiger partial charge in [-0.15, -0.1) is 0 Å². The van der Waals surface area contributed by atoms with Crippen LogP contribution in [0.4, 0.5) is 14.9 Å². The zero-order valence-electron chi connectivity index (χ0n) is 26.3. The summed E-state index contributed by atoms with van der Waals surface area (Å²) in [5, 5.41) is 5.99. The van der Waals surface area contributed by atoms with Crippen molar-refractivity contribution in [2.45, 2.75) is 57.9 Å². The molecule has 238 valence electrons. The summed E-state index contributed by atoms with van der Waals surface area (Å²) in [7, 11) is -1.28. The van der Waals surface area contributed by atoms with E-state index in [4.69, 9.17) is 14.2 Å². The number of nitrogens with zero attached hydrogens (tertiary/aromatic N) is 3. The predicted octanol–water partition coefficient (Wildman–Crippen LogP) is 8.20. The summed E-state index contributed by atoms with van der Waals surface area (Å²) in [6, 6.07) is 25.0. The molecule has 1 aliphatic carbocycles. The van der Waals surface area contributed by atoms with Gasteiger partial charge in [0.2, 0.25) is 5.88 Å². The molecule has 0 saturated heterocycles. The van der Waals surface area contributed by atoms with Gasteiger partial charge in [0.25, 0.3) is 0 Å². The first-order chi connectivity index (χ1) is 22.2. The van der Waals surface area contributed by atoms with E-state index in [9.17, 15) is 9.18 Å². The SMILES string of the molecule is C[Si](C)(C)CCOCn1c(-c2ccc(OCc3ccccc3)cc2)cc2c(Oc3ccc(NC(=O)NC4CC4)c(F)c3)ncnc21. The molecule has 0 atom stereocenters. The molecule has 0 unspecified atom stereocenters. The Hall–Kier alpha value is -4.74. The lowest BCUT2D eigenvalue weighted by molar-refractivity contribution is 0.0909. The van der Waals surface area contributed by atoms with E-state index in [2.05, 4.69) is 40.2 Å². The van der Waals surface area contributed by atoms with E-state index in [-0.39, 0.29) is 23.4 Å². The van der Waals surface area contributed by atoms with Gasteiger partial charge in [-0.3, -0.25) is 0 Å². The third kappa shape index (κ3) is 8.09. The summed E-state index contributed by atoms with van der Waals surface area (Å²) < 4.78 is 35.2. The number of carbonyl (C=O) groups is 1. The number of ether oxygens (including phenoxy) is 3. The molecule has 1 saturated carbocycles. The van der Waals surface area contributed by atoms with Gasteiger partial charge in [-0.25, -0.2) is 19.2 Å². The number of carbonyl (C=O) groups excluding carboxylic acids is 1. The average Bonchev–Trinajstić information content (AvgIpc) is 3.77. The Morgan fingerprint density at radius 1 is 0.978 bits per heavy atom. The van der Waals surface area contributed by atoms with E-state index in [1.165, 1.54) is 18.5 Å². The van der Waals surface area contributed by atoms with E-state index < -0.39 is 19.9 Å². The lowest BCUT2D eigenvalue weighted by atomic mass is 10.1. The molecule has 0 radical (unpaired) electrons. The highest BCUT2D eigenvalue weighted by Crippen LogP contribution is 2.35. The highest BCUT2D eigenvalue weighted by Gasteiger charge is 2.24. The van der Waals surface area contributed by atoms with Gasteiger partial charge in [-0.1, -0.05) is 50.0 Å². The van der Waals surface area contributed by atoms with Gasteiger partial charge in [0, 0.05) is 26.8 Å². The quantitative estimate of drug-likeness (QED) is 0.0995. The fourth-order valence-corrected chi connectivity index (χ4v) is 5.59. The summed E-state index contributed by atoms with van der Waals surface area (Å²) >= 11 is 0. The van der Waals surface area contributed by atoms with Crippen LogP contribution >= 0.6 is 0 Å². The third-order valence-electron chi connectivity index (χ3n) is 7.58. The first kappa shape index (κ1) is 31.2. The summed E-state index contributed by atoms with van der Waals surface area (Å²) in [5.41, 5.74) is 3.61. The summed E-state index contributed by atoms with van der Waals surface area (Å²) in [5.74, 6) is 0.667. The van der Waals surface area contributed by atoms with Gasteiger partial charge in [0.15, 0.2) is 0 Å². The molecule has 2 heterocycles. The van der Waals surface area contributed by atoms with E-state index >= 15 is 0 Å². The average molecular weight is 640 g/mol. The first-order valence-electron chi connectivity index (χ1n) is 15.5. The third-order valence-corrected chi connectivity index (χ3v) is 9.29. The van der Waals surface area contributed by atoms with Crippen molar-refractivity contribution in [3.05, 3.63) is 96.6 Å². The molecular weight excluding hydrogens is 602 g/mol. The van der Waals surface area contributed by atoms with Crippen molar-refractivity contribution in [3.8, 4) is 28.6 Å². The van der Waals surface area contributed by atoms with Gasteiger partial charge < -0.3 is 29.4 Å². The Labute approximate surface area is 268 Å². The molecule has 6 rings (SSSR count). The highest BCUT2D eigenvalue weighted by molar-refractivity contribution is 6.76. The number of anilines is 1. The number of hydrogen-bond donors (Lipinski definition) is 2. The number of amides is 2. The normalized spacial score (nSPS) is 13.0. The van der Waals surface area contributed by atoms with Crippen molar-refractivity contribution in [2.75, 3.05) is 11.9 Å². The number of rotatable bonds is 13. The van der Waals surface area contributed by atoms with Gasteiger partial charge in [0.1, 0.15) is 42.6 Å². The fourth-order valence-electron chi connectivity index (χ4n) is 4.83. The van der Waals surface area contributed by atoms with Crippen molar-refractivity contribution < 1.29 is 23.4 Å². The number of benzene rings is 3. The van der Waals surface area contributed by atoms with E-state index in [1.54, 1.807) is 6.07 Å². The number of fused-ring (bicyclic) bond motifs is 1. The smallest absolute Gasteiger partial charge is 0.319 e. The molecule has 0 aliphatic heterocycles. The maximum Gasteiger partial charge on any atom is 0.319 e. The molecule has 46 heavy (non-hydrogen) atoms. The van der Waals surface area contributed by atoms with Crippen LogP contribution in [0.5, 0.6) is 17.4 Å². The monoisotopic (exact) mass is 639 g/mol. The maximum absolute atomic E-state index is 14.9. The molecule has 1 aliphatic rings. The minimum Gasteiger partial charge on any atom is -0.489 e. The largest absolute Gasteiger partial charge is 0.489 e. The number of aromatic nitrogens is 3. The zero-order chi connectivity index (χ0) is 32.1. The molecule has 11 heteroatoms. The molecule has 3 aromatic carbocycles. The standard InChI is InChI=1S/C35H38FN5O4Si/c1-46(2,3)18-17-43-23-41-32(25-9-13-27(14-10-25)44-21-24-7-5-4-6-8-24)20-29-33(41)37-22-38-34(29)45-28-15-16-31(30(36)19-28)40-35(42)39-26-11-12-26/h4-10,13-16,19-20,22,26H,11-12,17-18,21,23H2,1-3H3,(H2,39,40,42). The van der Waals surface area contributed by atoms with Gasteiger partial charge in [0.05, 0.1) is 16.8 Å². The molecule has 0 bridgehead atoms. The number of hydrogen-bond acceptors (Lipinski definition) is 6. The zero-order valence-corrected chi connectivity index (χ0v) is 27.3.